The van der Waals surface area contributed by atoms with Crippen molar-refractivity contribution in [3.8, 4) is 0 Å². The molecule has 2 aromatic rings. The van der Waals surface area contributed by atoms with E-state index in [0.29, 0.717) is 37.6 Å². The largest absolute Gasteiger partial charge is 0.477 e. The summed E-state index contributed by atoms with van der Waals surface area (Å²) in [4.78, 5) is 33.2. The summed E-state index contributed by atoms with van der Waals surface area (Å²) in [7, 11) is 0. The lowest BCUT2D eigenvalue weighted by Crippen LogP contribution is -2.47. The maximum Gasteiger partial charge on any atom is 0.354 e. The molecular weight excluding hydrogens is 326 g/mol. The van der Waals surface area contributed by atoms with E-state index in [1.54, 1.807) is 9.58 Å². The van der Waals surface area contributed by atoms with Crippen LogP contribution in [0.3, 0.4) is 0 Å². The van der Waals surface area contributed by atoms with E-state index in [0.717, 1.165) is 5.82 Å². The van der Waals surface area contributed by atoms with Crippen molar-refractivity contribution in [3.63, 3.8) is 0 Å². The molecule has 1 amide bonds. The Labute approximate surface area is 144 Å². The molecule has 1 N–H and O–H groups in total. The highest BCUT2D eigenvalue weighted by Crippen LogP contribution is 2.13. The van der Waals surface area contributed by atoms with E-state index in [9.17, 15) is 9.59 Å². The second-order valence-electron chi connectivity index (χ2n) is 5.87. The molecule has 3 heterocycles. The summed E-state index contributed by atoms with van der Waals surface area (Å²) < 4.78 is 7.51. The summed E-state index contributed by atoms with van der Waals surface area (Å²) in [5.41, 5.74) is 0.270. The highest BCUT2D eigenvalue weighted by atomic mass is 16.5. The van der Waals surface area contributed by atoms with Crippen molar-refractivity contribution in [2.45, 2.75) is 26.5 Å². The number of carboxylic acid groups (broad SMARTS) is 1. The van der Waals surface area contributed by atoms with Gasteiger partial charge in [-0.1, -0.05) is 0 Å². The van der Waals surface area contributed by atoms with Gasteiger partial charge in [-0.15, -0.1) is 0 Å². The molecule has 3 rings (SSSR count). The molecule has 1 fully saturated rings. The lowest BCUT2D eigenvalue weighted by atomic mass is 10.2. The van der Waals surface area contributed by atoms with Crippen LogP contribution in [0, 0.1) is 13.8 Å². The number of carboxylic acids is 1. The monoisotopic (exact) mass is 345 g/mol. The van der Waals surface area contributed by atoms with Crippen molar-refractivity contribution >= 4 is 11.9 Å². The van der Waals surface area contributed by atoms with Crippen molar-refractivity contribution in [2.75, 3.05) is 19.7 Å². The van der Waals surface area contributed by atoms with Crippen molar-refractivity contribution in [2.24, 2.45) is 0 Å². The first-order valence-corrected chi connectivity index (χ1v) is 7.92. The number of pyridine rings is 1. The second kappa shape index (κ2) is 6.98. The van der Waals surface area contributed by atoms with Gasteiger partial charge in [0.2, 0.25) is 0 Å². The molecule has 1 atom stereocenters. The number of morpholine rings is 1. The first-order chi connectivity index (χ1) is 11.9. The fourth-order valence-electron chi connectivity index (χ4n) is 2.77. The van der Waals surface area contributed by atoms with Gasteiger partial charge in [-0.25, -0.2) is 19.4 Å². The molecule has 0 saturated carbocycles. The lowest BCUT2D eigenvalue weighted by molar-refractivity contribution is -0.0303. The minimum atomic E-state index is -1.12. The molecular formula is C16H19N5O4. The zero-order valence-electron chi connectivity index (χ0n) is 14.0. The number of amides is 1. The van der Waals surface area contributed by atoms with Crippen LogP contribution in [0.5, 0.6) is 0 Å². The molecule has 9 nitrogen and oxygen atoms in total. The number of ether oxygens (including phenoxy) is 1. The van der Waals surface area contributed by atoms with Gasteiger partial charge >= 0.3 is 5.97 Å². The number of hydrogen-bond acceptors (Lipinski definition) is 6. The van der Waals surface area contributed by atoms with Crippen LogP contribution in [0.15, 0.2) is 18.3 Å². The van der Waals surface area contributed by atoms with Crippen LogP contribution in [0.25, 0.3) is 0 Å². The Morgan fingerprint density at radius 2 is 2.16 bits per heavy atom. The van der Waals surface area contributed by atoms with E-state index >= 15 is 0 Å². The zero-order chi connectivity index (χ0) is 18.0. The first kappa shape index (κ1) is 17.0. The van der Waals surface area contributed by atoms with Crippen molar-refractivity contribution in [3.05, 3.63) is 41.2 Å². The standard InChI is InChI=1S/C16H19N5O4/c1-10-18-11(2)21(19-10)9-13-8-20(5-6-25-13)15(22)12-3-4-14(16(23)24)17-7-12/h3-4,7,13H,5-6,8-9H2,1-2H3,(H,23,24). The van der Waals surface area contributed by atoms with Crippen LogP contribution in [0.2, 0.25) is 0 Å². The van der Waals surface area contributed by atoms with Crippen LogP contribution in [-0.4, -0.2) is 67.4 Å². The fraction of sp³-hybridized carbons (Fsp3) is 0.438. The average molecular weight is 345 g/mol. The van der Waals surface area contributed by atoms with E-state index in [2.05, 4.69) is 15.1 Å². The molecule has 25 heavy (non-hydrogen) atoms. The van der Waals surface area contributed by atoms with Crippen molar-refractivity contribution < 1.29 is 19.4 Å². The number of carbonyl (C=O) groups is 2. The van der Waals surface area contributed by atoms with Crippen molar-refractivity contribution in [1.82, 2.24) is 24.6 Å². The van der Waals surface area contributed by atoms with Crippen LogP contribution < -0.4 is 0 Å². The summed E-state index contributed by atoms with van der Waals surface area (Å²) >= 11 is 0. The Morgan fingerprint density at radius 1 is 1.36 bits per heavy atom. The Balaban J connectivity index is 1.67. The molecule has 1 aliphatic heterocycles. The highest BCUT2D eigenvalue weighted by Gasteiger charge is 2.26. The Kier molecular flexibility index (Phi) is 4.75. The van der Waals surface area contributed by atoms with Crippen LogP contribution in [0.4, 0.5) is 0 Å². The molecule has 1 aliphatic rings. The minimum Gasteiger partial charge on any atom is -0.477 e. The molecule has 132 valence electrons. The van der Waals surface area contributed by atoms with Gasteiger partial charge in [-0.2, -0.15) is 5.10 Å². The van der Waals surface area contributed by atoms with Gasteiger partial charge in [0.05, 0.1) is 24.8 Å². The van der Waals surface area contributed by atoms with E-state index in [-0.39, 0.29) is 17.7 Å². The van der Waals surface area contributed by atoms with E-state index in [4.69, 9.17) is 9.84 Å². The molecule has 0 aromatic carbocycles. The van der Waals surface area contributed by atoms with Gasteiger partial charge in [-0.05, 0) is 26.0 Å². The van der Waals surface area contributed by atoms with Crippen LogP contribution in [-0.2, 0) is 11.3 Å². The quantitative estimate of drug-likeness (QED) is 0.860. The summed E-state index contributed by atoms with van der Waals surface area (Å²) in [6.07, 6.45) is 1.12. The smallest absolute Gasteiger partial charge is 0.354 e. The van der Waals surface area contributed by atoms with Gasteiger partial charge in [0.1, 0.15) is 17.3 Å². The fourth-order valence-corrected chi connectivity index (χ4v) is 2.77. The van der Waals surface area contributed by atoms with Gasteiger partial charge in [-0.3, -0.25) is 4.79 Å². The second-order valence-corrected chi connectivity index (χ2v) is 5.87. The van der Waals surface area contributed by atoms with Gasteiger partial charge in [0, 0.05) is 19.3 Å². The molecule has 1 unspecified atom stereocenters. The predicted molar refractivity (Wildman–Crippen MR) is 86.3 cm³/mol. The third-order valence-electron chi connectivity index (χ3n) is 3.99. The van der Waals surface area contributed by atoms with Gasteiger partial charge < -0.3 is 14.7 Å². The normalized spacial score (nSPS) is 17.5. The predicted octanol–water partition coefficient (Wildman–Crippen LogP) is 0.529. The van der Waals surface area contributed by atoms with Gasteiger partial charge in [0.15, 0.2) is 0 Å². The molecule has 9 heteroatoms. The number of nitrogens with zero attached hydrogens (tertiary/aromatic N) is 5. The number of aromatic carboxylic acids is 1. The van der Waals surface area contributed by atoms with Crippen LogP contribution in [0.1, 0.15) is 32.5 Å². The number of rotatable bonds is 4. The summed E-state index contributed by atoms with van der Waals surface area (Å²) in [5.74, 6) is 0.192. The molecule has 0 bridgehead atoms. The molecule has 0 aliphatic carbocycles. The number of aromatic nitrogens is 4. The topological polar surface area (TPSA) is 110 Å². The minimum absolute atomic E-state index is 0.0894. The Hall–Kier alpha value is -2.81. The summed E-state index contributed by atoms with van der Waals surface area (Å²) in [5, 5.41) is 13.2. The van der Waals surface area contributed by atoms with Gasteiger partial charge in [0.25, 0.3) is 5.91 Å². The third-order valence-corrected chi connectivity index (χ3v) is 3.99. The number of carbonyl (C=O) groups excluding carboxylic acids is 1. The Morgan fingerprint density at radius 3 is 2.76 bits per heavy atom. The van der Waals surface area contributed by atoms with Crippen LogP contribution >= 0.6 is 0 Å². The maximum absolute atomic E-state index is 12.6. The number of aryl methyl sites for hydroxylation is 2. The van der Waals surface area contributed by atoms with Crippen molar-refractivity contribution in [1.29, 1.82) is 0 Å². The molecule has 1 saturated heterocycles. The Bertz CT molecular complexity index is 786. The van der Waals surface area contributed by atoms with E-state index < -0.39 is 5.97 Å². The average Bonchev–Trinajstić information content (AvgIpc) is 2.91. The summed E-state index contributed by atoms with van der Waals surface area (Å²) in [6, 6.07) is 2.81. The van der Waals surface area contributed by atoms with E-state index in [1.165, 1.54) is 18.3 Å². The molecule has 0 radical (unpaired) electrons. The highest BCUT2D eigenvalue weighted by molar-refractivity contribution is 5.95. The third kappa shape index (κ3) is 3.82. The molecule has 0 spiro atoms. The summed E-state index contributed by atoms with van der Waals surface area (Å²) in [6.45, 7) is 5.57. The first-order valence-electron chi connectivity index (χ1n) is 7.92. The van der Waals surface area contributed by atoms with E-state index in [1.807, 2.05) is 13.8 Å². The molecule has 2 aromatic heterocycles. The number of hydrogen-bond donors (Lipinski definition) is 1. The SMILES string of the molecule is Cc1nc(C)n(CC2CN(C(=O)c3ccc(C(=O)O)nc3)CCO2)n1. The lowest BCUT2D eigenvalue weighted by Gasteiger charge is -2.33. The maximum atomic E-state index is 12.6. The zero-order valence-corrected chi connectivity index (χ0v) is 14.0.